The van der Waals surface area contributed by atoms with Crippen LogP contribution in [0.1, 0.15) is 25.8 Å². The van der Waals surface area contributed by atoms with Crippen molar-refractivity contribution in [2.24, 2.45) is 0 Å². The topological polar surface area (TPSA) is 74.0 Å². The van der Waals surface area contributed by atoms with E-state index in [1.54, 1.807) is 6.07 Å². The zero-order valence-electron chi connectivity index (χ0n) is 11.7. The van der Waals surface area contributed by atoms with Crippen molar-refractivity contribution in [1.29, 1.82) is 0 Å². The number of para-hydroxylation sites is 1. The first-order valence-corrected chi connectivity index (χ1v) is 6.75. The quantitative estimate of drug-likeness (QED) is 0.798. The lowest BCUT2D eigenvalue weighted by Crippen LogP contribution is -2.40. The number of urea groups is 1. The van der Waals surface area contributed by atoms with Crippen LogP contribution >= 0.6 is 0 Å². The number of hydrogen-bond donors (Lipinski definition) is 3. The maximum absolute atomic E-state index is 11.9. The molecule has 106 valence electrons. The summed E-state index contributed by atoms with van der Waals surface area (Å²) in [6, 6.07) is 9.22. The number of H-pyrrole nitrogens is 1. The Morgan fingerprint density at radius 3 is 2.85 bits per heavy atom. The molecule has 1 aromatic heterocycles. The van der Waals surface area contributed by atoms with Crippen LogP contribution in [0.3, 0.4) is 0 Å². The molecule has 0 aliphatic carbocycles. The summed E-state index contributed by atoms with van der Waals surface area (Å²) in [7, 11) is 0. The van der Waals surface area contributed by atoms with Gasteiger partial charge in [-0.1, -0.05) is 25.1 Å². The fourth-order valence-corrected chi connectivity index (χ4v) is 1.88. The van der Waals surface area contributed by atoms with E-state index in [0.29, 0.717) is 5.56 Å². The minimum Gasteiger partial charge on any atom is -0.336 e. The van der Waals surface area contributed by atoms with E-state index in [1.165, 1.54) is 0 Å². The molecular formula is C15H19N3O2. The average Bonchev–Trinajstić information content (AvgIpc) is 2.44. The fourth-order valence-electron chi connectivity index (χ4n) is 1.88. The second kappa shape index (κ2) is 6.23. The molecule has 1 unspecified atom stereocenters. The zero-order chi connectivity index (χ0) is 14.5. The Morgan fingerprint density at radius 1 is 1.35 bits per heavy atom. The highest BCUT2D eigenvalue weighted by molar-refractivity contribution is 5.79. The number of aromatic nitrogens is 1. The molecule has 0 fully saturated rings. The van der Waals surface area contributed by atoms with Crippen molar-refractivity contribution in [2.45, 2.75) is 32.9 Å². The van der Waals surface area contributed by atoms with Gasteiger partial charge in [0, 0.05) is 23.7 Å². The van der Waals surface area contributed by atoms with Crippen molar-refractivity contribution >= 4 is 16.9 Å². The van der Waals surface area contributed by atoms with Crippen molar-refractivity contribution in [3.8, 4) is 0 Å². The van der Waals surface area contributed by atoms with Gasteiger partial charge in [-0.15, -0.1) is 0 Å². The maximum atomic E-state index is 11.9. The van der Waals surface area contributed by atoms with Gasteiger partial charge in [-0.2, -0.15) is 0 Å². The maximum Gasteiger partial charge on any atom is 0.315 e. The van der Waals surface area contributed by atoms with Crippen LogP contribution in [-0.4, -0.2) is 17.1 Å². The van der Waals surface area contributed by atoms with E-state index in [0.717, 1.165) is 17.3 Å². The van der Waals surface area contributed by atoms with Gasteiger partial charge in [-0.3, -0.25) is 4.79 Å². The predicted molar refractivity (Wildman–Crippen MR) is 79.7 cm³/mol. The smallest absolute Gasteiger partial charge is 0.315 e. The molecule has 0 aliphatic rings. The highest BCUT2D eigenvalue weighted by Gasteiger charge is 2.07. The number of carbonyl (C=O) groups excluding carboxylic acids is 1. The summed E-state index contributed by atoms with van der Waals surface area (Å²) < 4.78 is 0. The van der Waals surface area contributed by atoms with Gasteiger partial charge in [0.15, 0.2) is 0 Å². The first-order chi connectivity index (χ1) is 9.60. The minimum atomic E-state index is -0.257. The molecule has 20 heavy (non-hydrogen) atoms. The Kier molecular flexibility index (Phi) is 4.40. The second-order valence-corrected chi connectivity index (χ2v) is 4.85. The summed E-state index contributed by atoms with van der Waals surface area (Å²) in [5.74, 6) is 0. The van der Waals surface area contributed by atoms with Gasteiger partial charge < -0.3 is 15.6 Å². The molecule has 0 spiro atoms. The number of benzene rings is 1. The van der Waals surface area contributed by atoms with Gasteiger partial charge >= 0.3 is 6.03 Å². The normalized spacial score (nSPS) is 12.1. The van der Waals surface area contributed by atoms with Gasteiger partial charge in [0.05, 0.1) is 0 Å². The summed E-state index contributed by atoms with van der Waals surface area (Å²) >= 11 is 0. The predicted octanol–water partition coefficient (Wildman–Crippen LogP) is 2.13. The summed E-state index contributed by atoms with van der Waals surface area (Å²) in [6.45, 7) is 4.14. The van der Waals surface area contributed by atoms with Gasteiger partial charge in [-0.05, 0) is 30.9 Å². The van der Waals surface area contributed by atoms with Crippen LogP contribution < -0.4 is 16.2 Å². The highest BCUT2D eigenvalue weighted by Crippen LogP contribution is 2.09. The molecule has 0 saturated carbocycles. The highest BCUT2D eigenvalue weighted by atomic mass is 16.2. The molecule has 0 saturated heterocycles. The molecule has 5 heteroatoms. The number of amides is 2. The Hall–Kier alpha value is -2.30. The van der Waals surface area contributed by atoms with Crippen molar-refractivity contribution < 1.29 is 4.79 Å². The zero-order valence-corrected chi connectivity index (χ0v) is 11.7. The molecule has 0 radical (unpaired) electrons. The molecule has 2 rings (SSSR count). The fraction of sp³-hybridized carbons (Fsp3) is 0.333. The van der Waals surface area contributed by atoms with Crippen molar-refractivity contribution in [3.63, 3.8) is 0 Å². The number of pyridine rings is 1. The Balaban J connectivity index is 2.08. The molecular weight excluding hydrogens is 254 g/mol. The summed E-state index contributed by atoms with van der Waals surface area (Å²) in [6.07, 6.45) is 0.865. The number of rotatable bonds is 4. The van der Waals surface area contributed by atoms with Crippen molar-refractivity contribution in [1.82, 2.24) is 15.6 Å². The van der Waals surface area contributed by atoms with E-state index >= 15 is 0 Å². The number of nitrogens with one attached hydrogen (secondary N) is 3. The Bertz CT molecular complexity index is 663. The summed E-state index contributed by atoms with van der Waals surface area (Å²) in [5, 5.41) is 6.44. The van der Waals surface area contributed by atoms with Gasteiger partial charge in [0.25, 0.3) is 5.56 Å². The first-order valence-electron chi connectivity index (χ1n) is 6.75. The lowest BCUT2D eigenvalue weighted by atomic mass is 10.1. The van der Waals surface area contributed by atoms with Crippen molar-refractivity contribution in [2.75, 3.05) is 0 Å². The molecule has 1 heterocycles. The number of carbonyl (C=O) groups is 1. The van der Waals surface area contributed by atoms with Gasteiger partial charge in [-0.25, -0.2) is 4.79 Å². The van der Waals surface area contributed by atoms with Crippen molar-refractivity contribution in [3.05, 3.63) is 46.2 Å². The Labute approximate surface area is 117 Å². The van der Waals surface area contributed by atoms with Crippen LogP contribution in [0.2, 0.25) is 0 Å². The first kappa shape index (κ1) is 14.1. The van der Waals surface area contributed by atoms with E-state index in [4.69, 9.17) is 0 Å². The molecule has 5 nitrogen and oxygen atoms in total. The van der Waals surface area contributed by atoms with Crippen LogP contribution in [-0.2, 0) is 6.54 Å². The van der Waals surface area contributed by atoms with Crippen LogP contribution in [0, 0.1) is 0 Å². The monoisotopic (exact) mass is 273 g/mol. The minimum absolute atomic E-state index is 0.116. The molecule has 2 amide bonds. The van der Waals surface area contributed by atoms with E-state index in [2.05, 4.69) is 15.6 Å². The lowest BCUT2D eigenvalue weighted by Gasteiger charge is -2.12. The van der Waals surface area contributed by atoms with Crippen LogP contribution in [0.15, 0.2) is 35.1 Å². The van der Waals surface area contributed by atoms with E-state index in [-0.39, 0.29) is 24.2 Å². The number of aromatic amines is 1. The van der Waals surface area contributed by atoms with Crippen LogP contribution in [0.5, 0.6) is 0 Å². The van der Waals surface area contributed by atoms with Crippen LogP contribution in [0.4, 0.5) is 4.79 Å². The molecule has 0 bridgehead atoms. The van der Waals surface area contributed by atoms with Gasteiger partial charge in [0.2, 0.25) is 0 Å². The molecule has 0 aliphatic heterocycles. The number of fused-ring (bicyclic) bond motifs is 1. The summed E-state index contributed by atoms with van der Waals surface area (Å²) in [4.78, 5) is 26.3. The third-order valence-corrected chi connectivity index (χ3v) is 3.26. The van der Waals surface area contributed by atoms with Crippen LogP contribution in [0.25, 0.3) is 10.9 Å². The summed E-state index contributed by atoms with van der Waals surface area (Å²) in [5.41, 5.74) is 1.17. The lowest BCUT2D eigenvalue weighted by molar-refractivity contribution is 0.237. The third kappa shape index (κ3) is 3.38. The molecule has 1 aromatic carbocycles. The third-order valence-electron chi connectivity index (χ3n) is 3.26. The molecule has 2 aromatic rings. The van der Waals surface area contributed by atoms with E-state index in [9.17, 15) is 9.59 Å². The average molecular weight is 273 g/mol. The SMILES string of the molecule is CCC(C)NC(=O)NCc1cc2ccccc2[nH]c1=O. The number of hydrogen-bond acceptors (Lipinski definition) is 2. The van der Waals surface area contributed by atoms with E-state index < -0.39 is 0 Å². The molecule has 1 atom stereocenters. The second-order valence-electron chi connectivity index (χ2n) is 4.85. The molecule has 3 N–H and O–H groups in total. The van der Waals surface area contributed by atoms with Gasteiger partial charge in [0.1, 0.15) is 0 Å². The van der Waals surface area contributed by atoms with E-state index in [1.807, 2.05) is 38.1 Å². The standard InChI is InChI=1S/C15H19N3O2/c1-3-10(2)17-15(20)16-9-12-8-11-6-4-5-7-13(11)18-14(12)19/h4-8,10H,3,9H2,1-2H3,(H,18,19)(H2,16,17,20). The Morgan fingerprint density at radius 2 is 2.10 bits per heavy atom. The largest absolute Gasteiger partial charge is 0.336 e.